The highest BCUT2D eigenvalue weighted by Gasteiger charge is 2.32. The van der Waals surface area contributed by atoms with Gasteiger partial charge in [0.15, 0.2) is 0 Å². The predicted molar refractivity (Wildman–Crippen MR) is 117 cm³/mol. The van der Waals surface area contributed by atoms with Gasteiger partial charge in [-0.25, -0.2) is 9.97 Å². The summed E-state index contributed by atoms with van der Waals surface area (Å²) in [6.07, 6.45) is 3.03. The van der Waals surface area contributed by atoms with Crippen LogP contribution in [0.3, 0.4) is 0 Å². The van der Waals surface area contributed by atoms with E-state index in [0.717, 1.165) is 53.4 Å². The van der Waals surface area contributed by atoms with E-state index in [9.17, 15) is 4.79 Å². The number of methoxy groups -OCH3 is 2. The van der Waals surface area contributed by atoms with Gasteiger partial charge in [0.25, 0.3) is 5.91 Å². The normalized spacial score (nSPS) is 15.4. The molecule has 2 heterocycles. The fraction of sp³-hybridized carbons (Fsp3) is 0.320. The van der Waals surface area contributed by atoms with Crippen molar-refractivity contribution < 1.29 is 14.3 Å². The highest BCUT2D eigenvalue weighted by atomic mass is 16.5. The first-order valence-electron chi connectivity index (χ1n) is 10.6. The van der Waals surface area contributed by atoms with E-state index >= 15 is 0 Å². The van der Waals surface area contributed by atoms with Crippen LogP contribution in [0.25, 0.3) is 11.3 Å². The second kappa shape index (κ2) is 8.02. The second-order valence-electron chi connectivity index (χ2n) is 8.04. The lowest BCUT2D eigenvalue weighted by atomic mass is 9.98. The van der Waals surface area contributed by atoms with Gasteiger partial charge in [0.05, 0.1) is 31.2 Å². The first-order valence-corrected chi connectivity index (χ1v) is 10.6. The summed E-state index contributed by atoms with van der Waals surface area (Å²) >= 11 is 0. The summed E-state index contributed by atoms with van der Waals surface area (Å²) in [6, 6.07) is 15.3. The zero-order chi connectivity index (χ0) is 21.4. The number of amides is 1. The van der Waals surface area contributed by atoms with E-state index in [1.165, 1.54) is 0 Å². The summed E-state index contributed by atoms with van der Waals surface area (Å²) in [6.45, 7) is 1.12. The number of para-hydroxylation sites is 1. The third-order valence-corrected chi connectivity index (χ3v) is 6.01. The Morgan fingerprint density at radius 2 is 1.77 bits per heavy atom. The van der Waals surface area contributed by atoms with Crippen LogP contribution in [-0.2, 0) is 13.0 Å². The van der Waals surface area contributed by atoms with Crippen molar-refractivity contribution in [3.05, 3.63) is 71.2 Å². The Morgan fingerprint density at radius 3 is 2.48 bits per heavy atom. The van der Waals surface area contributed by atoms with Gasteiger partial charge in [-0.15, -0.1) is 0 Å². The van der Waals surface area contributed by atoms with Gasteiger partial charge in [-0.05, 0) is 49.2 Å². The predicted octanol–water partition coefficient (Wildman–Crippen LogP) is 4.24. The summed E-state index contributed by atoms with van der Waals surface area (Å²) < 4.78 is 10.7. The molecule has 31 heavy (non-hydrogen) atoms. The molecule has 6 nitrogen and oxygen atoms in total. The van der Waals surface area contributed by atoms with Crippen molar-refractivity contribution in [3.63, 3.8) is 0 Å². The van der Waals surface area contributed by atoms with Crippen LogP contribution in [0, 0.1) is 0 Å². The molecule has 1 amide bonds. The third-order valence-electron chi connectivity index (χ3n) is 6.01. The van der Waals surface area contributed by atoms with E-state index in [1.54, 1.807) is 14.2 Å². The van der Waals surface area contributed by atoms with Crippen LogP contribution in [0.4, 0.5) is 0 Å². The van der Waals surface area contributed by atoms with Crippen molar-refractivity contribution in [2.75, 3.05) is 20.8 Å². The molecular formula is C25H25N3O3. The number of ether oxygens (including phenoxy) is 2. The number of rotatable bonds is 5. The molecule has 1 aliphatic carbocycles. The summed E-state index contributed by atoms with van der Waals surface area (Å²) in [5, 5.41) is 0. The van der Waals surface area contributed by atoms with E-state index in [2.05, 4.69) is 0 Å². The van der Waals surface area contributed by atoms with Crippen LogP contribution < -0.4 is 9.47 Å². The molecule has 1 aromatic heterocycles. The van der Waals surface area contributed by atoms with Gasteiger partial charge >= 0.3 is 0 Å². The average molecular weight is 415 g/mol. The molecule has 158 valence electrons. The van der Waals surface area contributed by atoms with Gasteiger partial charge in [-0.3, -0.25) is 4.79 Å². The maximum absolute atomic E-state index is 13.3. The van der Waals surface area contributed by atoms with E-state index in [1.807, 2.05) is 53.4 Å². The van der Waals surface area contributed by atoms with Gasteiger partial charge in [0.2, 0.25) is 0 Å². The molecule has 2 aromatic carbocycles. The smallest absolute Gasteiger partial charge is 0.257 e. The van der Waals surface area contributed by atoms with Crippen LogP contribution in [-0.4, -0.2) is 41.5 Å². The molecule has 5 rings (SSSR count). The molecule has 0 N–H and O–H groups in total. The molecule has 3 aromatic rings. The highest BCUT2D eigenvalue weighted by molar-refractivity contribution is 5.97. The largest absolute Gasteiger partial charge is 0.497 e. The van der Waals surface area contributed by atoms with E-state index < -0.39 is 0 Å². The highest BCUT2D eigenvalue weighted by Crippen LogP contribution is 2.40. The Kier molecular flexibility index (Phi) is 5.06. The molecule has 2 aliphatic rings. The maximum atomic E-state index is 13.3. The van der Waals surface area contributed by atoms with Gasteiger partial charge < -0.3 is 14.4 Å². The van der Waals surface area contributed by atoms with Crippen LogP contribution in [0.1, 0.15) is 46.2 Å². The van der Waals surface area contributed by atoms with Crippen LogP contribution >= 0.6 is 0 Å². The molecule has 0 saturated heterocycles. The summed E-state index contributed by atoms with van der Waals surface area (Å²) in [5.41, 5.74) is 4.62. The Morgan fingerprint density at radius 1 is 1.00 bits per heavy atom. The summed E-state index contributed by atoms with van der Waals surface area (Å²) in [7, 11) is 3.25. The van der Waals surface area contributed by atoms with E-state index in [-0.39, 0.29) is 5.91 Å². The van der Waals surface area contributed by atoms with E-state index in [0.29, 0.717) is 30.3 Å². The Labute approximate surface area is 181 Å². The molecule has 6 heteroatoms. The van der Waals surface area contributed by atoms with Crippen molar-refractivity contribution in [1.82, 2.24) is 14.9 Å². The molecule has 0 spiro atoms. The second-order valence-corrected chi connectivity index (χ2v) is 8.04. The quantitative estimate of drug-likeness (QED) is 0.624. The summed E-state index contributed by atoms with van der Waals surface area (Å²) in [4.78, 5) is 25.0. The number of hydrogen-bond acceptors (Lipinski definition) is 5. The fourth-order valence-electron chi connectivity index (χ4n) is 4.11. The monoisotopic (exact) mass is 415 g/mol. The third kappa shape index (κ3) is 3.74. The van der Waals surface area contributed by atoms with Crippen molar-refractivity contribution in [2.24, 2.45) is 0 Å². The lowest BCUT2D eigenvalue weighted by Gasteiger charge is -2.30. The minimum Gasteiger partial charge on any atom is -0.497 e. The first-order chi connectivity index (χ1) is 15.2. The van der Waals surface area contributed by atoms with Crippen molar-refractivity contribution in [1.29, 1.82) is 0 Å². The van der Waals surface area contributed by atoms with Crippen LogP contribution in [0.2, 0.25) is 0 Å². The number of aromatic nitrogens is 2. The minimum atomic E-state index is -0.0324. The zero-order valence-electron chi connectivity index (χ0n) is 17.8. The topological polar surface area (TPSA) is 64.6 Å². The minimum absolute atomic E-state index is 0.0324. The molecule has 1 aliphatic heterocycles. The molecular weight excluding hydrogens is 390 g/mol. The standard InChI is InChI=1S/C25H25N3O3/c1-30-18-11-9-16(10-12-18)23-20-15-28(25(29)19-5-3-4-6-22(19)31-2)14-13-21(20)26-24(27-23)17-7-8-17/h3-6,9-12,17H,7-8,13-15H2,1-2H3. The summed E-state index contributed by atoms with van der Waals surface area (Å²) in [5.74, 6) is 2.77. The molecule has 0 atom stereocenters. The van der Waals surface area contributed by atoms with Crippen LogP contribution in [0.5, 0.6) is 11.5 Å². The SMILES string of the molecule is COc1ccc(-c2nc(C3CC3)nc3c2CN(C(=O)c2ccccc2OC)CC3)cc1. The van der Waals surface area contributed by atoms with Crippen molar-refractivity contribution in [2.45, 2.75) is 31.7 Å². The molecule has 0 radical (unpaired) electrons. The Bertz CT molecular complexity index is 1120. The van der Waals surface area contributed by atoms with Gasteiger partial charge in [0, 0.05) is 36.6 Å². The number of nitrogens with zero attached hydrogens (tertiary/aromatic N) is 3. The molecule has 0 bridgehead atoms. The number of carbonyl (C=O) groups is 1. The molecule has 1 fully saturated rings. The lowest BCUT2D eigenvalue weighted by Crippen LogP contribution is -2.37. The van der Waals surface area contributed by atoms with Crippen molar-refractivity contribution >= 4 is 5.91 Å². The maximum Gasteiger partial charge on any atom is 0.257 e. The van der Waals surface area contributed by atoms with Gasteiger partial charge in [0.1, 0.15) is 17.3 Å². The molecule has 1 saturated carbocycles. The number of hydrogen-bond donors (Lipinski definition) is 0. The zero-order valence-corrected chi connectivity index (χ0v) is 17.8. The number of fused-ring (bicyclic) bond motifs is 1. The van der Waals surface area contributed by atoms with Crippen LogP contribution in [0.15, 0.2) is 48.5 Å². The first kappa shape index (κ1) is 19.5. The Balaban J connectivity index is 1.53. The molecule has 0 unspecified atom stereocenters. The van der Waals surface area contributed by atoms with Gasteiger partial charge in [-0.2, -0.15) is 0 Å². The lowest BCUT2D eigenvalue weighted by molar-refractivity contribution is 0.0730. The fourth-order valence-corrected chi connectivity index (χ4v) is 4.11. The number of benzene rings is 2. The Hall–Kier alpha value is -3.41. The number of carbonyl (C=O) groups excluding carboxylic acids is 1. The van der Waals surface area contributed by atoms with E-state index in [4.69, 9.17) is 19.4 Å². The van der Waals surface area contributed by atoms with Crippen molar-refractivity contribution in [3.8, 4) is 22.8 Å². The average Bonchev–Trinajstić information content (AvgIpc) is 3.68. The van der Waals surface area contributed by atoms with Gasteiger partial charge in [-0.1, -0.05) is 12.1 Å².